The molecule has 11 nitrogen and oxygen atoms in total. The fourth-order valence-electron chi connectivity index (χ4n) is 2.68. The summed E-state index contributed by atoms with van der Waals surface area (Å²) in [7, 11) is 3.04. The Balaban J connectivity index is 1.78. The zero-order chi connectivity index (χ0) is 22.5. The van der Waals surface area contributed by atoms with Gasteiger partial charge in [0.2, 0.25) is 5.75 Å². The molecule has 31 heavy (non-hydrogen) atoms. The number of nitrogens with one attached hydrogen (secondary N) is 3. The first-order valence-corrected chi connectivity index (χ1v) is 9.67. The third kappa shape index (κ3) is 4.75. The van der Waals surface area contributed by atoms with Gasteiger partial charge < -0.3 is 35.3 Å². The maximum atomic E-state index is 12.4. The molecule has 0 aliphatic heterocycles. The SMILES string of the molecule is COc1ccc(OC)c(CNC(=O)Nc2cscc2-c2nc(C(=O)O)c(O)c(=O)[nH]2)c1. The number of aromatic amines is 1. The lowest BCUT2D eigenvalue weighted by Crippen LogP contribution is -2.28. The average molecular weight is 446 g/mol. The van der Waals surface area contributed by atoms with E-state index in [-0.39, 0.29) is 12.4 Å². The summed E-state index contributed by atoms with van der Waals surface area (Å²) < 4.78 is 10.5. The first-order valence-electron chi connectivity index (χ1n) is 8.73. The van der Waals surface area contributed by atoms with Gasteiger partial charge in [-0.2, -0.15) is 0 Å². The summed E-state index contributed by atoms with van der Waals surface area (Å²) in [6.07, 6.45) is 0. The highest BCUT2D eigenvalue weighted by Gasteiger charge is 2.20. The third-order valence-electron chi connectivity index (χ3n) is 4.19. The van der Waals surface area contributed by atoms with E-state index in [2.05, 4.69) is 20.6 Å². The number of carbonyl (C=O) groups excluding carboxylic acids is 1. The number of ether oxygens (including phenoxy) is 2. The van der Waals surface area contributed by atoms with Crippen molar-refractivity contribution in [1.82, 2.24) is 15.3 Å². The summed E-state index contributed by atoms with van der Waals surface area (Å²) in [4.78, 5) is 41.5. The molecule has 2 amide bonds. The minimum atomic E-state index is -1.56. The smallest absolute Gasteiger partial charge is 0.358 e. The maximum Gasteiger partial charge on any atom is 0.358 e. The Morgan fingerprint density at radius 2 is 2.00 bits per heavy atom. The quantitative estimate of drug-likeness (QED) is 0.369. The lowest BCUT2D eigenvalue weighted by Gasteiger charge is -2.12. The van der Waals surface area contributed by atoms with Crippen LogP contribution in [-0.4, -0.2) is 46.4 Å². The van der Waals surface area contributed by atoms with E-state index in [0.717, 1.165) is 0 Å². The minimum Gasteiger partial charge on any atom is -0.501 e. The van der Waals surface area contributed by atoms with Crippen LogP contribution in [0.1, 0.15) is 16.1 Å². The number of benzene rings is 1. The van der Waals surface area contributed by atoms with Gasteiger partial charge in [-0.1, -0.05) is 0 Å². The van der Waals surface area contributed by atoms with E-state index in [1.807, 2.05) is 0 Å². The number of hydrogen-bond acceptors (Lipinski definition) is 8. The van der Waals surface area contributed by atoms with Crippen molar-refractivity contribution < 1.29 is 29.3 Å². The normalized spacial score (nSPS) is 10.4. The van der Waals surface area contributed by atoms with Crippen LogP contribution in [0.5, 0.6) is 17.2 Å². The number of urea groups is 1. The van der Waals surface area contributed by atoms with Gasteiger partial charge >= 0.3 is 12.0 Å². The topological polar surface area (TPSA) is 163 Å². The van der Waals surface area contributed by atoms with Crippen molar-refractivity contribution in [3.05, 3.63) is 50.6 Å². The molecule has 2 aromatic heterocycles. The Morgan fingerprint density at radius 3 is 2.68 bits per heavy atom. The van der Waals surface area contributed by atoms with E-state index < -0.39 is 29.0 Å². The number of thiophene rings is 1. The van der Waals surface area contributed by atoms with Crippen molar-refractivity contribution in [1.29, 1.82) is 0 Å². The molecule has 0 bridgehead atoms. The Kier molecular flexibility index (Phi) is 6.40. The van der Waals surface area contributed by atoms with Crippen LogP contribution in [0.3, 0.4) is 0 Å². The van der Waals surface area contributed by atoms with Crippen LogP contribution in [0, 0.1) is 0 Å². The number of carboxylic acid groups (broad SMARTS) is 1. The number of nitrogens with zero attached hydrogens (tertiary/aromatic N) is 1. The Hall–Kier alpha value is -4.06. The van der Waals surface area contributed by atoms with Crippen LogP contribution < -0.4 is 25.7 Å². The van der Waals surface area contributed by atoms with E-state index in [4.69, 9.17) is 14.6 Å². The molecule has 12 heteroatoms. The van der Waals surface area contributed by atoms with E-state index in [1.54, 1.807) is 29.0 Å². The fraction of sp³-hybridized carbons (Fsp3) is 0.158. The van der Waals surface area contributed by atoms with Crippen LogP contribution in [0.4, 0.5) is 10.5 Å². The second-order valence-electron chi connectivity index (χ2n) is 6.10. The highest BCUT2D eigenvalue weighted by atomic mass is 32.1. The van der Waals surface area contributed by atoms with Crippen LogP contribution >= 0.6 is 11.3 Å². The summed E-state index contributed by atoms with van der Waals surface area (Å²) in [5.74, 6) is -1.48. The number of aromatic carboxylic acids is 1. The van der Waals surface area contributed by atoms with E-state index in [0.29, 0.717) is 28.3 Å². The number of carbonyl (C=O) groups is 2. The summed E-state index contributed by atoms with van der Waals surface area (Å²) in [6, 6.07) is 4.63. The number of rotatable bonds is 7. The van der Waals surface area contributed by atoms with Gasteiger partial charge in [0, 0.05) is 22.9 Å². The first kappa shape index (κ1) is 21.6. The zero-order valence-corrected chi connectivity index (χ0v) is 17.2. The maximum absolute atomic E-state index is 12.4. The molecule has 2 heterocycles. The molecule has 0 spiro atoms. The average Bonchev–Trinajstić information content (AvgIpc) is 3.21. The van der Waals surface area contributed by atoms with Gasteiger partial charge in [-0.05, 0) is 18.2 Å². The number of aromatic nitrogens is 2. The molecule has 3 rings (SSSR count). The Morgan fingerprint density at radius 1 is 1.23 bits per heavy atom. The molecule has 5 N–H and O–H groups in total. The van der Waals surface area contributed by atoms with Crippen molar-refractivity contribution in [2.75, 3.05) is 19.5 Å². The van der Waals surface area contributed by atoms with Crippen molar-refractivity contribution in [3.8, 4) is 28.6 Å². The molecule has 0 fully saturated rings. The largest absolute Gasteiger partial charge is 0.501 e. The van der Waals surface area contributed by atoms with Crippen molar-refractivity contribution in [2.45, 2.75) is 6.54 Å². The van der Waals surface area contributed by atoms with Gasteiger partial charge in [0.1, 0.15) is 17.3 Å². The molecule has 0 radical (unpaired) electrons. The molecule has 0 aliphatic rings. The standard InChI is InChI=1S/C19H18N4O7S/c1-29-10-3-4-13(30-2)9(5-10)6-20-19(28)21-12-8-31-7-11(12)16-22-14(18(26)27)15(24)17(25)23-16/h3-5,7-8,24H,6H2,1-2H3,(H,26,27)(H2,20,21,28)(H,22,23,25). The fourth-order valence-corrected chi connectivity index (χ4v) is 3.45. The molecule has 162 valence electrons. The minimum absolute atomic E-state index is 0.105. The number of aromatic hydroxyl groups is 1. The Bertz CT molecular complexity index is 1190. The monoisotopic (exact) mass is 446 g/mol. The number of methoxy groups -OCH3 is 2. The van der Waals surface area contributed by atoms with Gasteiger partial charge in [-0.3, -0.25) is 4.79 Å². The van der Waals surface area contributed by atoms with Crippen molar-refractivity contribution in [2.24, 2.45) is 0 Å². The lowest BCUT2D eigenvalue weighted by molar-refractivity contribution is 0.0686. The second-order valence-corrected chi connectivity index (χ2v) is 6.85. The van der Waals surface area contributed by atoms with Gasteiger partial charge in [0.05, 0.1) is 25.5 Å². The van der Waals surface area contributed by atoms with Gasteiger partial charge in [0.25, 0.3) is 5.56 Å². The molecule has 0 saturated heterocycles. The number of amides is 2. The second kappa shape index (κ2) is 9.17. The molecule has 3 aromatic rings. The number of hydrogen-bond donors (Lipinski definition) is 5. The van der Waals surface area contributed by atoms with Crippen LogP contribution in [0.15, 0.2) is 33.8 Å². The molecule has 0 saturated carbocycles. The van der Waals surface area contributed by atoms with E-state index >= 15 is 0 Å². The summed E-state index contributed by atoms with van der Waals surface area (Å²) >= 11 is 1.20. The predicted octanol–water partition coefficient (Wildman–Crippen LogP) is 2.24. The van der Waals surface area contributed by atoms with E-state index in [9.17, 15) is 19.5 Å². The molecular weight excluding hydrogens is 428 g/mol. The molecular formula is C19H18N4O7S. The van der Waals surface area contributed by atoms with E-state index in [1.165, 1.54) is 25.6 Å². The number of anilines is 1. The molecule has 0 atom stereocenters. The first-order chi connectivity index (χ1) is 14.8. The number of H-pyrrole nitrogens is 1. The lowest BCUT2D eigenvalue weighted by atomic mass is 10.2. The van der Waals surface area contributed by atoms with Crippen LogP contribution in [0.2, 0.25) is 0 Å². The third-order valence-corrected chi connectivity index (χ3v) is 4.93. The predicted molar refractivity (Wildman–Crippen MR) is 112 cm³/mol. The highest BCUT2D eigenvalue weighted by molar-refractivity contribution is 7.08. The summed E-state index contributed by atoms with van der Waals surface area (Å²) in [5.41, 5.74) is -0.512. The van der Waals surface area contributed by atoms with Crippen LogP contribution in [0.25, 0.3) is 11.4 Å². The van der Waals surface area contributed by atoms with Gasteiger partial charge in [-0.25, -0.2) is 14.6 Å². The number of carboxylic acids is 1. The summed E-state index contributed by atoms with van der Waals surface area (Å²) in [5, 5.41) is 27.2. The Labute approximate surface area is 179 Å². The zero-order valence-electron chi connectivity index (χ0n) is 16.4. The van der Waals surface area contributed by atoms with Crippen LogP contribution in [-0.2, 0) is 6.54 Å². The van der Waals surface area contributed by atoms with Gasteiger partial charge in [0.15, 0.2) is 5.69 Å². The summed E-state index contributed by atoms with van der Waals surface area (Å²) in [6.45, 7) is 0.142. The molecule has 0 aliphatic carbocycles. The van der Waals surface area contributed by atoms with Crippen molar-refractivity contribution >= 4 is 29.0 Å². The van der Waals surface area contributed by atoms with Gasteiger partial charge in [-0.15, -0.1) is 11.3 Å². The van der Waals surface area contributed by atoms with Crippen molar-refractivity contribution in [3.63, 3.8) is 0 Å². The molecule has 1 aromatic carbocycles. The highest BCUT2D eigenvalue weighted by Crippen LogP contribution is 2.30. The molecule has 0 unspecified atom stereocenters.